The van der Waals surface area contributed by atoms with Crippen molar-refractivity contribution in [3.8, 4) is 0 Å². The van der Waals surface area contributed by atoms with Crippen LogP contribution in [0.15, 0.2) is 30.3 Å². The van der Waals surface area contributed by atoms with Crippen molar-refractivity contribution in [2.75, 3.05) is 18.0 Å². The Balaban J connectivity index is 2.02. The molecule has 0 saturated heterocycles. The number of benzene rings is 1. The van der Waals surface area contributed by atoms with E-state index in [4.69, 9.17) is 0 Å². The third-order valence-electron chi connectivity index (χ3n) is 4.55. The van der Waals surface area contributed by atoms with E-state index in [1.807, 2.05) is 32.9 Å². The van der Waals surface area contributed by atoms with Crippen molar-refractivity contribution in [2.45, 2.75) is 40.2 Å². The molecule has 3 rings (SSSR count). The Morgan fingerprint density at radius 1 is 1.25 bits per heavy atom. The highest BCUT2D eigenvalue weighted by Crippen LogP contribution is 2.37. The molecule has 0 saturated carbocycles. The first-order chi connectivity index (χ1) is 11.5. The summed E-state index contributed by atoms with van der Waals surface area (Å²) in [5.41, 5.74) is 2.96. The number of carbonyl (C=O) groups is 1. The third-order valence-corrected chi connectivity index (χ3v) is 4.55. The van der Waals surface area contributed by atoms with Crippen LogP contribution in [0.25, 0.3) is 0 Å². The molecule has 5 nitrogen and oxygen atoms in total. The topological polar surface area (TPSA) is 49.3 Å². The highest BCUT2D eigenvalue weighted by Gasteiger charge is 2.29. The average Bonchev–Trinajstić information content (AvgIpc) is 2.91. The molecule has 1 aromatic carbocycles. The summed E-state index contributed by atoms with van der Waals surface area (Å²) in [4.78, 5) is 25.6. The third kappa shape index (κ3) is 2.86. The fourth-order valence-electron chi connectivity index (χ4n) is 3.37. The van der Waals surface area contributed by atoms with Crippen molar-refractivity contribution in [1.82, 2.24) is 14.9 Å². The lowest BCUT2D eigenvalue weighted by Gasteiger charge is -2.25. The lowest BCUT2D eigenvalue weighted by molar-refractivity contribution is 0.0766. The molecule has 1 aliphatic heterocycles. The molecule has 24 heavy (non-hydrogen) atoms. The predicted octanol–water partition coefficient (Wildman–Crippen LogP) is 3.35. The van der Waals surface area contributed by atoms with Crippen molar-refractivity contribution in [2.24, 2.45) is 0 Å². The second-order valence-corrected chi connectivity index (χ2v) is 6.19. The molecule has 1 atom stereocenters. The van der Waals surface area contributed by atoms with Crippen molar-refractivity contribution in [3.63, 3.8) is 0 Å². The lowest BCUT2D eigenvalue weighted by Crippen LogP contribution is -2.32. The highest BCUT2D eigenvalue weighted by atomic mass is 16.2. The van der Waals surface area contributed by atoms with Gasteiger partial charge in [0, 0.05) is 30.9 Å². The quantitative estimate of drug-likeness (QED) is 0.865. The fraction of sp³-hybridized carbons (Fsp3) is 0.421. The Kier molecular flexibility index (Phi) is 4.51. The van der Waals surface area contributed by atoms with Crippen molar-refractivity contribution in [1.29, 1.82) is 0 Å². The first kappa shape index (κ1) is 16.4. The second-order valence-electron chi connectivity index (χ2n) is 6.19. The Morgan fingerprint density at radius 2 is 1.96 bits per heavy atom. The molecule has 1 amide bonds. The maximum Gasteiger partial charge on any atom is 0.272 e. The maximum absolute atomic E-state index is 12.7. The van der Waals surface area contributed by atoms with Gasteiger partial charge in [0.2, 0.25) is 0 Å². The summed E-state index contributed by atoms with van der Waals surface area (Å²) in [7, 11) is 0. The number of carbonyl (C=O) groups excluding carboxylic acids is 1. The van der Waals surface area contributed by atoms with Crippen LogP contribution in [0.1, 0.15) is 42.6 Å². The molecule has 0 N–H and O–H groups in total. The first-order valence-electron chi connectivity index (χ1n) is 8.57. The molecule has 5 heteroatoms. The maximum atomic E-state index is 12.7. The summed E-state index contributed by atoms with van der Waals surface area (Å²) in [5, 5.41) is 0. The van der Waals surface area contributed by atoms with Gasteiger partial charge in [-0.1, -0.05) is 18.2 Å². The Hall–Kier alpha value is -2.43. The number of hydrogen-bond acceptors (Lipinski definition) is 4. The number of hydrogen-bond donors (Lipinski definition) is 0. The van der Waals surface area contributed by atoms with Crippen LogP contribution in [0.2, 0.25) is 0 Å². The summed E-state index contributed by atoms with van der Waals surface area (Å²) in [6.07, 6.45) is 0.985. The summed E-state index contributed by atoms with van der Waals surface area (Å²) in [6.45, 7) is 9.34. The van der Waals surface area contributed by atoms with Crippen LogP contribution in [-0.2, 0) is 6.42 Å². The van der Waals surface area contributed by atoms with Crippen LogP contribution in [0.3, 0.4) is 0 Å². The van der Waals surface area contributed by atoms with E-state index in [1.54, 1.807) is 4.90 Å². The molecular formula is C19H24N4O. The summed E-state index contributed by atoms with van der Waals surface area (Å²) in [6, 6.07) is 10.5. The lowest BCUT2D eigenvalue weighted by atomic mass is 10.1. The zero-order chi connectivity index (χ0) is 17.3. The highest BCUT2D eigenvalue weighted by molar-refractivity contribution is 5.93. The van der Waals surface area contributed by atoms with Crippen LogP contribution < -0.4 is 4.90 Å². The first-order valence-corrected chi connectivity index (χ1v) is 8.57. The Morgan fingerprint density at radius 3 is 2.67 bits per heavy atom. The standard InChI is InChI=1S/C19H24N4O/c1-5-22(6-2)19(24)16-12-18(21-14(4)20-16)23-13(3)11-15-9-7-8-10-17(15)23/h7-10,12-13H,5-6,11H2,1-4H3. The van der Waals surface area contributed by atoms with Crippen molar-refractivity contribution < 1.29 is 4.79 Å². The smallest absolute Gasteiger partial charge is 0.272 e. The zero-order valence-electron chi connectivity index (χ0n) is 14.8. The number of anilines is 2. The van der Waals surface area contributed by atoms with E-state index in [2.05, 4.69) is 40.0 Å². The van der Waals surface area contributed by atoms with Gasteiger partial charge in [0.05, 0.1) is 0 Å². The minimum Gasteiger partial charge on any atom is -0.338 e. The van der Waals surface area contributed by atoms with Gasteiger partial charge in [-0.2, -0.15) is 0 Å². The minimum absolute atomic E-state index is 0.0353. The normalized spacial score (nSPS) is 16.2. The molecule has 2 aromatic rings. The molecule has 1 aromatic heterocycles. The summed E-state index contributed by atoms with van der Waals surface area (Å²) >= 11 is 0. The van der Waals surface area contributed by atoms with Gasteiger partial charge >= 0.3 is 0 Å². The largest absolute Gasteiger partial charge is 0.338 e. The molecule has 0 radical (unpaired) electrons. The van der Waals surface area contributed by atoms with Crippen LogP contribution in [-0.4, -0.2) is 39.9 Å². The van der Waals surface area contributed by atoms with Crippen LogP contribution in [0, 0.1) is 6.92 Å². The predicted molar refractivity (Wildman–Crippen MR) is 95.8 cm³/mol. The number of nitrogens with zero attached hydrogens (tertiary/aromatic N) is 4. The molecule has 0 spiro atoms. The van der Waals surface area contributed by atoms with E-state index in [0.29, 0.717) is 30.6 Å². The summed E-state index contributed by atoms with van der Waals surface area (Å²) in [5.74, 6) is 1.39. The van der Waals surface area contributed by atoms with E-state index in [-0.39, 0.29) is 5.91 Å². The van der Waals surface area contributed by atoms with Crippen LogP contribution in [0.4, 0.5) is 11.5 Å². The number of rotatable bonds is 4. The molecule has 126 valence electrons. The number of aryl methyl sites for hydroxylation is 1. The van der Waals surface area contributed by atoms with E-state index in [9.17, 15) is 4.79 Å². The van der Waals surface area contributed by atoms with Crippen molar-refractivity contribution in [3.05, 3.63) is 47.4 Å². The average molecular weight is 324 g/mol. The number of fused-ring (bicyclic) bond motifs is 1. The number of para-hydroxylation sites is 1. The Bertz CT molecular complexity index is 755. The molecule has 0 bridgehead atoms. The summed E-state index contributed by atoms with van der Waals surface area (Å²) < 4.78 is 0. The van der Waals surface area contributed by atoms with Gasteiger partial charge in [0.25, 0.3) is 5.91 Å². The Labute approximate surface area is 143 Å². The number of aromatic nitrogens is 2. The molecule has 1 aliphatic rings. The minimum atomic E-state index is -0.0353. The number of amides is 1. The van der Waals surface area contributed by atoms with Gasteiger partial charge in [0.1, 0.15) is 17.3 Å². The van der Waals surface area contributed by atoms with Gasteiger partial charge in [0.15, 0.2) is 0 Å². The van der Waals surface area contributed by atoms with Crippen molar-refractivity contribution >= 4 is 17.4 Å². The van der Waals surface area contributed by atoms with Gasteiger partial charge in [-0.05, 0) is 45.7 Å². The zero-order valence-corrected chi connectivity index (χ0v) is 14.8. The molecular weight excluding hydrogens is 300 g/mol. The van der Waals surface area contributed by atoms with Gasteiger partial charge < -0.3 is 9.80 Å². The fourth-order valence-corrected chi connectivity index (χ4v) is 3.37. The molecule has 2 heterocycles. The van der Waals surface area contributed by atoms with E-state index in [1.165, 1.54) is 11.3 Å². The SMILES string of the molecule is CCN(CC)C(=O)c1cc(N2c3ccccc3CC2C)nc(C)n1. The van der Waals surface area contributed by atoms with E-state index >= 15 is 0 Å². The monoisotopic (exact) mass is 324 g/mol. The van der Waals surface area contributed by atoms with Crippen LogP contribution in [0.5, 0.6) is 0 Å². The van der Waals surface area contributed by atoms with Crippen LogP contribution >= 0.6 is 0 Å². The van der Waals surface area contributed by atoms with Gasteiger partial charge in [-0.15, -0.1) is 0 Å². The van der Waals surface area contributed by atoms with Gasteiger partial charge in [-0.25, -0.2) is 9.97 Å². The van der Waals surface area contributed by atoms with E-state index < -0.39 is 0 Å². The molecule has 1 unspecified atom stereocenters. The molecule has 0 aliphatic carbocycles. The van der Waals surface area contributed by atoms with Gasteiger partial charge in [-0.3, -0.25) is 4.79 Å². The second kappa shape index (κ2) is 6.59. The van der Waals surface area contributed by atoms with E-state index in [0.717, 1.165) is 12.2 Å². The molecule has 0 fully saturated rings.